The van der Waals surface area contributed by atoms with Gasteiger partial charge in [-0.2, -0.15) is 0 Å². The van der Waals surface area contributed by atoms with E-state index in [4.69, 9.17) is 4.74 Å². The minimum atomic E-state index is -0.391. The molecule has 1 fully saturated rings. The highest BCUT2D eigenvalue weighted by atomic mass is 16.5. The van der Waals surface area contributed by atoms with Crippen molar-refractivity contribution in [2.24, 2.45) is 11.8 Å². The molecule has 3 heteroatoms. The maximum atomic E-state index is 12.6. The van der Waals surface area contributed by atoms with Crippen molar-refractivity contribution in [1.29, 1.82) is 0 Å². The van der Waals surface area contributed by atoms with Crippen LogP contribution in [0.4, 0.5) is 0 Å². The van der Waals surface area contributed by atoms with E-state index >= 15 is 0 Å². The van der Waals surface area contributed by atoms with E-state index in [1.54, 1.807) is 0 Å². The predicted octanol–water partition coefficient (Wildman–Crippen LogP) is 5.65. The number of Topliss-reactive ketones (excluding diaryl/α,β-unsaturated/α-hetero) is 2. The number of benzene rings is 2. The van der Waals surface area contributed by atoms with Gasteiger partial charge in [0.2, 0.25) is 0 Å². The van der Waals surface area contributed by atoms with E-state index in [2.05, 4.69) is 26.0 Å². The van der Waals surface area contributed by atoms with Crippen LogP contribution in [0.3, 0.4) is 0 Å². The fraction of sp³-hybridized carbons (Fsp3) is 0.440. The van der Waals surface area contributed by atoms with Crippen molar-refractivity contribution >= 4 is 11.6 Å². The number of hydrogen-bond donors (Lipinski definition) is 0. The molecule has 0 N–H and O–H groups in total. The molecule has 0 radical (unpaired) electrons. The van der Waals surface area contributed by atoms with Gasteiger partial charge in [0.1, 0.15) is 17.3 Å². The van der Waals surface area contributed by atoms with Crippen LogP contribution in [0.15, 0.2) is 48.5 Å². The van der Waals surface area contributed by atoms with Gasteiger partial charge in [-0.1, -0.05) is 56.7 Å². The second-order valence-electron chi connectivity index (χ2n) is 7.79. The zero-order valence-electron chi connectivity index (χ0n) is 16.9. The fourth-order valence-corrected chi connectivity index (χ4v) is 3.88. The van der Waals surface area contributed by atoms with Crippen LogP contribution in [0.1, 0.15) is 51.5 Å². The van der Waals surface area contributed by atoms with Crippen molar-refractivity contribution in [1.82, 2.24) is 0 Å². The smallest absolute Gasteiger partial charge is 0.147 e. The molecule has 2 aromatic carbocycles. The van der Waals surface area contributed by atoms with Gasteiger partial charge in [0.15, 0.2) is 0 Å². The molecule has 1 aliphatic rings. The maximum absolute atomic E-state index is 12.6. The Bertz CT molecular complexity index is 790. The Balaban J connectivity index is 1.60. The van der Waals surface area contributed by atoms with E-state index < -0.39 is 5.92 Å². The van der Waals surface area contributed by atoms with Crippen molar-refractivity contribution in [2.45, 2.75) is 52.4 Å². The molecule has 0 saturated heterocycles. The Labute approximate surface area is 168 Å². The van der Waals surface area contributed by atoms with E-state index in [0.717, 1.165) is 54.7 Å². The Morgan fingerprint density at radius 3 is 2.18 bits per heavy atom. The zero-order valence-corrected chi connectivity index (χ0v) is 16.9. The van der Waals surface area contributed by atoms with Crippen LogP contribution in [0.2, 0.25) is 0 Å². The monoisotopic (exact) mass is 378 g/mol. The molecule has 2 unspecified atom stereocenters. The molecule has 0 bridgehead atoms. The Kier molecular flexibility index (Phi) is 7.02. The molecule has 28 heavy (non-hydrogen) atoms. The van der Waals surface area contributed by atoms with Crippen LogP contribution in [0, 0.1) is 11.8 Å². The van der Waals surface area contributed by atoms with Crippen LogP contribution in [0.25, 0.3) is 11.1 Å². The summed E-state index contributed by atoms with van der Waals surface area (Å²) in [4.78, 5) is 24.9. The molecule has 0 spiro atoms. The van der Waals surface area contributed by atoms with E-state index in [1.807, 2.05) is 36.4 Å². The van der Waals surface area contributed by atoms with Crippen molar-refractivity contribution in [2.75, 3.05) is 6.61 Å². The van der Waals surface area contributed by atoms with Crippen molar-refractivity contribution in [3.63, 3.8) is 0 Å². The first kappa shape index (κ1) is 20.3. The third kappa shape index (κ3) is 5.09. The van der Waals surface area contributed by atoms with Gasteiger partial charge in [-0.05, 0) is 54.0 Å². The molecule has 0 amide bonds. The van der Waals surface area contributed by atoms with Gasteiger partial charge >= 0.3 is 0 Å². The summed E-state index contributed by atoms with van der Waals surface area (Å²) in [5, 5.41) is 0. The van der Waals surface area contributed by atoms with Gasteiger partial charge in [-0.25, -0.2) is 0 Å². The summed E-state index contributed by atoms with van der Waals surface area (Å²) in [6.07, 6.45) is 4.66. The second-order valence-corrected chi connectivity index (χ2v) is 7.79. The van der Waals surface area contributed by atoms with Crippen molar-refractivity contribution in [3.8, 4) is 16.9 Å². The third-order valence-corrected chi connectivity index (χ3v) is 5.70. The number of rotatable bonds is 8. The van der Waals surface area contributed by atoms with E-state index in [9.17, 15) is 9.59 Å². The van der Waals surface area contributed by atoms with Gasteiger partial charge in [-0.3, -0.25) is 9.59 Å². The lowest BCUT2D eigenvalue weighted by molar-refractivity contribution is -0.135. The Morgan fingerprint density at radius 2 is 1.61 bits per heavy atom. The number of ketones is 2. The molecule has 0 aromatic heterocycles. The molecule has 148 valence electrons. The lowest BCUT2D eigenvalue weighted by atomic mass is 9.77. The quantitative estimate of drug-likeness (QED) is 0.558. The summed E-state index contributed by atoms with van der Waals surface area (Å²) >= 11 is 0. The molecular formula is C25H30O3. The van der Waals surface area contributed by atoms with Crippen LogP contribution >= 0.6 is 0 Å². The average Bonchev–Trinajstić information content (AvgIpc) is 2.73. The van der Waals surface area contributed by atoms with Crippen LogP contribution < -0.4 is 4.74 Å². The molecule has 2 atom stereocenters. The highest BCUT2D eigenvalue weighted by Crippen LogP contribution is 2.29. The number of carbonyl (C=O) groups excluding carboxylic acids is 2. The first-order valence-electron chi connectivity index (χ1n) is 10.5. The summed E-state index contributed by atoms with van der Waals surface area (Å²) < 4.78 is 5.62. The minimum absolute atomic E-state index is 0.0738. The lowest BCUT2D eigenvalue weighted by Crippen LogP contribution is -2.31. The largest absolute Gasteiger partial charge is 0.494 e. The van der Waals surface area contributed by atoms with Crippen LogP contribution in [0.5, 0.6) is 5.75 Å². The van der Waals surface area contributed by atoms with E-state index in [-0.39, 0.29) is 11.6 Å². The van der Waals surface area contributed by atoms with Gasteiger partial charge in [0.05, 0.1) is 12.5 Å². The standard InChI is InChI=1S/C25H30O3/c1-3-15-28-22-12-10-21(11-13-22)20-8-5-19(6-9-20)17-25(27)23-14-7-18(4-2)16-24(23)26/h5-6,8-13,18,23H,3-4,7,14-17H2,1-2H3. The third-order valence-electron chi connectivity index (χ3n) is 5.70. The number of ether oxygens (including phenoxy) is 1. The number of hydrogen-bond acceptors (Lipinski definition) is 3. The van der Waals surface area contributed by atoms with Crippen LogP contribution in [-0.4, -0.2) is 18.2 Å². The van der Waals surface area contributed by atoms with E-state index in [0.29, 0.717) is 18.8 Å². The van der Waals surface area contributed by atoms with Gasteiger partial charge in [0, 0.05) is 12.8 Å². The van der Waals surface area contributed by atoms with Gasteiger partial charge < -0.3 is 4.74 Å². The summed E-state index contributed by atoms with van der Waals surface area (Å²) in [6.45, 7) is 4.94. The second kappa shape index (κ2) is 9.68. The molecule has 3 rings (SSSR count). The summed E-state index contributed by atoms with van der Waals surface area (Å²) in [5.74, 6) is 1.18. The van der Waals surface area contributed by atoms with Crippen molar-refractivity contribution < 1.29 is 14.3 Å². The summed E-state index contributed by atoms with van der Waals surface area (Å²) in [5.41, 5.74) is 3.20. The lowest BCUT2D eigenvalue weighted by Gasteiger charge is -2.25. The molecule has 2 aromatic rings. The molecule has 0 heterocycles. The first-order chi connectivity index (χ1) is 13.6. The maximum Gasteiger partial charge on any atom is 0.147 e. The summed E-state index contributed by atoms with van der Waals surface area (Å²) in [7, 11) is 0. The topological polar surface area (TPSA) is 43.4 Å². The molecule has 1 saturated carbocycles. The van der Waals surface area contributed by atoms with Gasteiger partial charge in [0.25, 0.3) is 0 Å². The molecular weight excluding hydrogens is 348 g/mol. The Morgan fingerprint density at radius 1 is 0.964 bits per heavy atom. The Hall–Kier alpha value is -2.42. The molecule has 0 aliphatic heterocycles. The minimum Gasteiger partial charge on any atom is -0.494 e. The number of carbonyl (C=O) groups is 2. The van der Waals surface area contributed by atoms with Gasteiger partial charge in [-0.15, -0.1) is 0 Å². The highest BCUT2D eigenvalue weighted by Gasteiger charge is 2.32. The SMILES string of the molecule is CCCOc1ccc(-c2ccc(CC(=O)C3CCC(CC)CC3=O)cc2)cc1. The normalized spacial score (nSPS) is 19.4. The fourth-order valence-electron chi connectivity index (χ4n) is 3.88. The van der Waals surface area contributed by atoms with E-state index in [1.165, 1.54) is 0 Å². The molecule has 1 aliphatic carbocycles. The first-order valence-corrected chi connectivity index (χ1v) is 10.5. The van der Waals surface area contributed by atoms with Crippen LogP contribution in [-0.2, 0) is 16.0 Å². The predicted molar refractivity (Wildman–Crippen MR) is 113 cm³/mol. The molecule has 3 nitrogen and oxygen atoms in total. The van der Waals surface area contributed by atoms with Crippen molar-refractivity contribution in [3.05, 3.63) is 54.1 Å². The average molecular weight is 379 g/mol. The zero-order chi connectivity index (χ0) is 19.9. The summed E-state index contributed by atoms with van der Waals surface area (Å²) in [6, 6.07) is 16.2. The highest BCUT2D eigenvalue weighted by molar-refractivity contribution is 6.03.